The van der Waals surface area contributed by atoms with Crippen molar-refractivity contribution in [2.24, 2.45) is 23.7 Å². The molecule has 1 N–H and O–H groups in total. The minimum atomic E-state index is -0.337. The number of rotatable bonds is 4. The predicted octanol–water partition coefficient (Wildman–Crippen LogP) is 1.09. The molecule has 3 amide bonds. The number of hydrogen-bond acceptors (Lipinski definition) is 4. The van der Waals surface area contributed by atoms with E-state index >= 15 is 0 Å². The van der Waals surface area contributed by atoms with Crippen molar-refractivity contribution in [3.63, 3.8) is 0 Å². The summed E-state index contributed by atoms with van der Waals surface area (Å²) >= 11 is 0. The second kappa shape index (κ2) is 5.69. The number of para-hydroxylation sites is 1. The average Bonchev–Trinajstić information content (AvgIpc) is 3.40. The first-order chi connectivity index (χ1) is 12.6. The van der Waals surface area contributed by atoms with E-state index < -0.39 is 0 Å². The van der Waals surface area contributed by atoms with Crippen LogP contribution in [0.4, 0.5) is 0 Å². The number of amides is 3. The van der Waals surface area contributed by atoms with Crippen LogP contribution < -0.4 is 10.1 Å². The van der Waals surface area contributed by atoms with E-state index in [9.17, 15) is 14.4 Å². The minimum Gasteiger partial charge on any atom is -0.492 e. The number of imide groups is 1. The zero-order valence-corrected chi connectivity index (χ0v) is 14.3. The van der Waals surface area contributed by atoms with E-state index in [0.717, 1.165) is 17.7 Å². The molecule has 134 valence electrons. The maximum absolute atomic E-state index is 12.6. The van der Waals surface area contributed by atoms with E-state index in [0.29, 0.717) is 6.61 Å². The van der Waals surface area contributed by atoms with E-state index in [1.54, 1.807) is 0 Å². The number of hydrogen-bond donors (Lipinski definition) is 1. The van der Waals surface area contributed by atoms with E-state index in [2.05, 4.69) is 17.5 Å². The van der Waals surface area contributed by atoms with Gasteiger partial charge >= 0.3 is 0 Å². The number of fused-ring (bicyclic) bond motifs is 6. The Hall–Kier alpha value is -2.63. The van der Waals surface area contributed by atoms with Gasteiger partial charge in [0.2, 0.25) is 17.7 Å². The third kappa shape index (κ3) is 2.14. The molecule has 2 aliphatic heterocycles. The van der Waals surface area contributed by atoms with Crippen LogP contribution in [-0.2, 0) is 14.4 Å². The number of likely N-dealkylation sites (tertiary alicyclic amines) is 1. The van der Waals surface area contributed by atoms with Crippen LogP contribution >= 0.6 is 0 Å². The Morgan fingerprint density at radius 1 is 1.12 bits per heavy atom. The molecule has 1 saturated heterocycles. The molecule has 6 nitrogen and oxygen atoms in total. The number of nitrogens with one attached hydrogen (secondary N) is 1. The van der Waals surface area contributed by atoms with E-state index in [1.165, 1.54) is 4.90 Å². The molecule has 0 radical (unpaired) electrons. The zero-order chi connectivity index (χ0) is 17.8. The summed E-state index contributed by atoms with van der Waals surface area (Å²) in [5.74, 6) is 0.217. The fraction of sp³-hybridized carbons (Fsp3) is 0.450. The van der Waals surface area contributed by atoms with Gasteiger partial charge in [-0.25, -0.2) is 0 Å². The average molecular weight is 352 g/mol. The summed E-state index contributed by atoms with van der Waals surface area (Å²) in [6.45, 7) is 0.841. The number of carbonyl (C=O) groups is 3. The smallest absolute Gasteiger partial charge is 0.233 e. The second-order valence-corrected chi connectivity index (χ2v) is 7.52. The summed E-state index contributed by atoms with van der Waals surface area (Å²) < 4.78 is 5.54. The van der Waals surface area contributed by atoms with Gasteiger partial charge in [0.05, 0.1) is 11.8 Å². The predicted molar refractivity (Wildman–Crippen MR) is 92.1 cm³/mol. The first-order valence-corrected chi connectivity index (χ1v) is 9.18. The fourth-order valence-electron chi connectivity index (χ4n) is 4.98. The normalized spacial score (nSPS) is 33.4. The number of benzene rings is 1. The summed E-state index contributed by atoms with van der Waals surface area (Å²) in [6.07, 6.45) is 5.10. The topological polar surface area (TPSA) is 75.7 Å². The molecule has 5 unspecified atom stereocenters. The SMILES string of the molecule is O=C(NCCN1C(=O)C2C3C=CC(C3)C2C1=O)C1COc2ccccc21. The molecule has 2 heterocycles. The lowest BCUT2D eigenvalue weighted by atomic mass is 9.85. The molecule has 1 saturated carbocycles. The fourth-order valence-corrected chi connectivity index (χ4v) is 4.98. The van der Waals surface area contributed by atoms with Gasteiger partial charge in [-0.3, -0.25) is 19.3 Å². The van der Waals surface area contributed by atoms with Crippen molar-refractivity contribution in [1.29, 1.82) is 0 Å². The highest BCUT2D eigenvalue weighted by atomic mass is 16.5. The van der Waals surface area contributed by atoms with Gasteiger partial charge in [0, 0.05) is 18.7 Å². The molecule has 26 heavy (non-hydrogen) atoms. The van der Waals surface area contributed by atoms with Crippen molar-refractivity contribution in [3.05, 3.63) is 42.0 Å². The van der Waals surface area contributed by atoms with Crippen molar-refractivity contribution < 1.29 is 19.1 Å². The van der Waals surface area contributed by atoms with Crippen LogP contribution in [-0.4, -0.2) is 42.3 Å². The molecule has 5 rings (SSSR count). The Balaban J connectivity index is 1.20. The van der Waals surface area contributed by atoms with Crippen LogP contribution in [0, 0.1) is 23.7 Å². The van der Waals surface area contributed by atoms with Crippen LogP contribution in [0.25, 0.3) is 0 Å². The van der Waals surface area contributed by atoms with Gasteiger partial charge < -0.3 is 10.1 Å². The quantitative estimate of drug-likeness (QED) is 0.650. The van der Waals surface area contributed by atoms with Crippen LogP contribution in [0.5, 0.6) is 5.75 Å². The summed E-state index contributed by atoms with van der Waals surface area (Å²) in [7, 11) is 0. The maximum Gasteiger partial charge on any atom is 0.233 e. The van der Waals surface area contributed by atoms with Crippen molar-refractivity contribution >= 4 is 17.7 Å². The van der Waals surface area contributed by atoms with Gasteiger partial charge in [0.25, 0.3) is 0 Å². The maximum atomic E-state index is 12.6. The molecule has 5 atom stereocenters. The van der Waals surface area contributed by atoms with E-state index in [4.69, 9.17) is 4.74 Å². The molecular weight excluding hydrogens is 332 g/mol. The lowest BCUT2D eigenvalue weighted by Gasteiger charge is -2.18. The summed E-state index contributed by atoms with van der Waals surface area (Å²) in [5, 5.41) is 2.86. The van der Waals surface area contributed by atoms with Gasteiger partial charge in [-0.05, 0) is 24.3 Å². The Morgan fingerprint density at radius 2 is 1.81 bits per heavy atom. The summed E-state index contributed by atoms with van der Waals surface area (Å²) in [4.78, 5) is 39.1. The van der Waals surface area contributed by atoms with Gasteiger partial charge in [-0.15, -0.1) is 0 Å². The highest BCUT2D eigenvalue weighted by Gasteiger charge is 2.58. The molecule has 2 bridgehead atoms. The summed E-state index contributed by atoms with van der Waals surface area (Å²) in [6, 6.07) is 7.51. The first-order valence-electron chi connectivity index (χ1n) is 9.18. The molecule has 6 heteroatoms. The Morgan fingerprint density at radius 3 is 2.54 bits per heavy atom. The molecule has 0 aromatic heterocycles. The minimum absolute atomic E-state index is 0.0688. The number of nitrogens with zero attached hydrogens (tertiary/aromatic N) is 1. The van der Waals surface area contributed by atoms with Gasteiger partial charge in [-0.2, -0.15) is 0 Å². The van der Waals surface area contributed by atoms with E-state index in [1.807, 2.05) is 24.3 Å². The van der Waals surface area contributed by atoms with Crippen molar-refractivity contribution in [3.8, 4) is 5.75 Å². The van der Waals surface area contributed by atoms with Crippen LogP contribution in [0.3, 0.4) is 0 Å². The molecule has 4 aliphatic rings. The van der Waals surface area contributed by atoms with Crippen molar-refractivity contribution in [2.75, 3.05) is 19.7 Å². The monoisotopic (exact) mass is 352 g/mol. The van der Waals surface area contributed by atoms with Gasteiger partial charge in [-0.1, -0.05) is 30.4 Å². The molecule has 2 fully saturated rings. The van der Waals surface area contributed by atoms with Crippen LogP contribution in [0.15, 0.2) is 36.4 Å². The van der Waals surface area contributed by atoms with Crippen molar-refractivity contribution in [2.45, 2.75) is 12.3 Å². The standard InChI is InChI=1S/C20H20N2O4/c23-18(14-10-26-15-4-2-1-3-13(14)15)21-7-8-22-19(24)16-11-5-6-12(9-11)17(16)20(22)25/h1-6,11-12,14,16-17H,7-10H2,(H,21,23). The van der Waals surface area contributed by atoms with Crippen molar-refractivity contribution in [1.82, 2.24) is 10.2 Å². The molecule has 0 spiro atoms. The third-order valence-corrected chi connectivity index (χ3v) is 6.21. The van der Waals surface area contributed by atoms with Crippen LogP contribution in [0.1, 0.15) is 17.9 Å². The third-order valence-electron chi connectivity index (χ3n) is 6.21. The highest BCUT2D eigenvalue weighted by Crippen LogP contribution is 2.52. The number of ether oxygens (including phenoxy) is 1. The lowest BCUT2D eigenvalue weighted by Crippen LogP contribution is -2.41. The second-order valence-electron chi connectivity index (χ2n) is 7.52. The molecule has 1 aromatic rings. The highest BCUT2D eigenvalue weighted by molar-refractivity contribution is 6.06. The molecular formula is C20H20N2O4. The Bertz CT molecular complexity index is 803. The number of allylic oxidation sites excluding steroid dienone is 2. The van der Waals surface area contributed by atoms with Gasteiger partial charge in [0.15, 0.2) is 0 Å². The molecule has 2 aliphatic carbocycles. The largest absolute Gasteiger partial charge is 0.492 e. The molecule has 1 aromatic carbocycles. The zero-order valence-electron chi connectivity index (χ0n) is 14.3. The Kier molecular flexibility index (Phi) is 3.42. The Labute approximate surface area is 151 Å². The van der Waals surface area contributed by atoms with E-state index in [-0.39, 0.29) is 60.4 Å². The first kappa shape index (κ1) is 15.6. The lowest BCUT2D eigenvalue weighted by molar-refractivity contribution is -0.141. The summed E-state index contributed by atoms with van der Waals surface area (Å²) in [5.41, 5.74) is 0.885. The van der Waals surface area contributed by atoms with Gasteiger partial charge in [0.1, 0.15) is 18.3 Å². The van der Waals surface area contributed by atoms with Crippen LogP contribution in [0.2, 0.25) is 0 Å². The number of carbonyl (C=O) groups excluding carboxylic acids is 3.